The molecule has 2 amide bonds. The Morgan fingerprint density at radius 2 is 1.21 bits per heavy atom. The van der Waals surface area contributed by atoms with Crippen LogP contribution < -0.4 is 20.1 Å². The number of Topliss-reactive ketones (excluding diaryl/α,β-unsaturated/α-hetero) is 2. The molecule has 5 aromatic rings. The van der Waals surface area contributed by atoms with Gasteiger partial charge in [0.25, 0.3) is 5.91 Å². The third-order valence-electron chi connectivity index (χ3n) is 14.9. The van der Waals surface area contributed by atoms with Crippen molar-refractivity contribution < 1.29 is 38.1 Å². The molecule has 376 valence electrons. The summed E-state index contributed by atoms with van der Waals surface area (Å²) in [4.78, 5) is 73.6. The van der Waals surface area contributed by atoms with E-state index in [1.165, 1.54) is 0 Å². The van der Waals surface area contributed by atoms with Gasteiger partial charge in [0.05, 0.1) is 54.6 Å². The molecule has 7 heterocycles. The fourth-order valence-electron chi connectivity index (χ4n) is 10.4. The van der Waals surface area contributed by atoms with Crippen molar-refractivity contribution >= 4 is 39.3 Å². The highest BCUT2D eigenvalue weighted by atomic mass is 79.9. The smallest absolute Gasteiger partial charge is 0.253 e. The highest BCUT2D eigenvalue weighted by Crippen LogP contribution is 2.45. The minimum Gasteiger partial charge on any atom is -0.492 e. The SMILES string of the molecule is O=C1CC(=O)NC2(CC2)C1.O=C1NC2(CC2)Cc2[nH]c3c(c21)CCc1cnc(-c2ccc(OCCN4CCOCC4)cc2)nc1-3.O=C1c2nc(-c3ccc(OCCN4CCOCC4)cc3)ncc2CCC1Br. The zero-order valence-corrected chi connectivity index (χ0v) is 42.0. The maximum Gasteiger partial charge on any atom is 0.253 e. The van der Waals surface area contributed by atoms with Gasteiger partial charge in [-0.1, -0.05) is 15.9 Å². The van der Waals surface area contributed by atoms with Gasteiger partial charge in [-0.05, 0) is 117 Å². The first-order chi connectivity index (χ1) is 35.1. The van der Waals surface area contributed by atoms with Crippen LogP contribution in [0.1, 0.15) is 88.2 Å². The number of carbonyl (C=O) groups is 4. The maximum absolute atomic E-state index is 12.9. The van der Waals surface area contributed by atoms with Crippen molar-refractivity contribution in [1.29, 1.82) is 0 Å². The van der Waals surface area contributed by atoms with Gasteiger partial charge >= 0.3 is 0 Å². The second-order valence-electron chi connectivity index (χ2n) is 20.1. The monoisotopic (exact) mass is 1040 g/mol. The molecule has 17 nitrogen and oxygen atoms in total. The summed E-state index contributed by atoms with van der Waals surface area (Å²) in [6, 6.07) is 15.7. The Balaban J connectivity index is 0.000000133. The molecule has 2 saturated carbocycles. The van der Waals surface area contributed by atoms with Crippen LogP contribution in [0, 0.1) is 0 Å². The quantitative estimate of drug-likeness (QED) is 0.117. The highest BCUT2D eigenvalue weighted by molar-refractivity contribution is 9.10. The standard InChI is InChI=1S/C27H29N5O3.C20H22BrN3O3.C7H9NO2/c33-26-22-20-6-3-18-16-28-25(30-23(18)24(20)29-21(22)15-27(31-26)7-8-27)17-1-4-19(5-2-17)35-14-11-32-9-12-34-13-10-32;21-17-6-3-15-13-22-20(23-18(15)19(17)25)14-1-4-16(5-2-14)27-12-9-24-7-10-26-11-8-24;9-5-3-6(10)8-7(4-5)1-2-7/h1-2,4-5,16,29H,3,6-15H2,(H,31,33);1-2,4-5,13,17H,3,6-12H2;1-4H2,(H,8,10). The molecule has 8 aliphatic rings. The number of nitrogens with one attached hydrogen (secondary N) is 3. The Hall–Kier alpha value is -5.92. The number of halogens is 1. The molecule has 1 atom stereocenters. The van der Waals surface area contributed by atoms with Crippen LogP contribution in [-0.4, -0.2) is 153 Å². The molecule has 0 bridgehead atoms. The molecule has 1 unspecified atom stereocenters. The normalized spacial score (nSPS) is 21.3. The molecule has 0 radical (unpaired) electrons. The Morgan fingerprint density at radius 3 is 1.76 bits per heavy atom. The molecular weight excluding hydrogens is 983 g/mol. The van der Waals surface area contributed by atoms with Crippen LogP contribution in [-0.2, 0) is 44.7 Å². The predicted octanol–water partition coefficient (Wildman–Crippen LogP) is 5.51. The number of piperidine rings is 1. The van der Waals surface area contributed by atoms with E-state index in [-0.39, 0.29) is 45.7 Å². The molecule has 18 heteroatoms. The summed E-state index contributed by atoms with van der Waals surface area (Å²) < 4.78 is 22.5. The molecule has 72 heavy (non-hydrogen) atoms. The number of nitrogens with zero attached hydrogens (tertiary/aromatic N) is 6. The fourth-order valence-corrected chi connectivity index (χ4v) is 10.8. The summed E-state index contributed by atoms with van der Waals surface area (Å²) in [5.74, 6) is 3.05. The topological polar surface area (TPSA) is 203 Å². The van der Waals surface area contributed by atoms with E-state index < -0.39 is 0 Å². The van der Waals surface area contributed by atoms with Crippen molar-refractivity contribution in [3.8, 4) is 45.7 Å². The summed E-state index contributed by atoms with van der Waals surface area (Å²) in [7, 11) is 0. The number of fused-ring (bicyclic) bond motifs is 6. The zero-order chi connectivity index (χ0) is 49.2. The first-order valence-electron chi connectivity index (χ1n) is 25.4. The largest absolute Gasteiger partial charge is 0.492 e. The molecule has 3 saturated heterocycles. The van der Waals surface area contributed by atoms with Gasteiger partial charge in [0.1, 0.15) is 36.2 Å². The van der Waals surface area contributed by atoms with Gasteiger partial charge in [-0.25, -0.2) is 19.9 Å². The third-order valence-corrected chi connectivity index (χ3v) is 15.8. The van der Waals surface area contributed by atoms with E-state index in [0.717, 1.165) is 185 Å². The molecule has 4 aliphatic heterocycles. The maximum atomic E-state index is 12.9. The lowest BCUT2D eigenvalue weighted by Gasteiger charge is -2.26. The van der Waals surface area contributed by atoms with Crippen LogP contribution in [0.4, 0.5) is 0 Å². The van der Waals surface area contributed by atoms with E-state index >= 15 is 0 Å². The van der Waals surface area contributed by atoms with Crippen molar-refractivity contribution in [1.82, 2.24) is 45.4 Å². The van der Waals surface area contributed by atoms with Crippen LogP contribution >= 0.6 is 15.9 Å². The van der Waals surface area contributed by atoms with Crippen molar-refractivity contribution in [2.24, 2.45) is 0 Å². The van der Waals surface area contributed by atoms with Gasteiger partial charge in [-0.15, -0.1) is 0 Å². The van der Waals surface area contributed by atoms with Crippen LogP contribution in [0.15, 0.2) is 60.9 Å². The number of alkyl halides is 1. The van der Waals surface area contributed by atoms with Gasteiger partial charge < -0.3 is 34.6 Å². The zero-order valence-electron chi connectivity index (χ0n) is 40.4. The second-order valence-corrected chi connectivity index (χ2v) is 21.2. The molecule has 3 N–H and O–H groups in total. The number of rotatable bonds is 10. The fraction of sp³-hybridized carbons (Fsp3) is 0.481. The number of aromatic nitrogens is 5. The van der Waals surface area contributed by atoms with E-state index in [2.05, 4.69) is 56.3 Å². The number of carbonyl (C=O) groups excluding carboxylic acids is 4. The number of amides is 2. The van der Waals surface area contributed by atoms with Crippen molar-refractivity contribution in [2.45, 2.75) is 86.5 Å². The summed E-state index contributed by atoms with van der Waals surface area (Å²) in [5, 5.41) is 6.08. The molecular formula is C54H60BrN9O8. The highest BCUT2D eigenvalue weighted by Gasteiger charge is 2.50. The molecule has 5 fully saturated rings. The number of morpholine rings is 2. The first-order valence-corrected chi connectivity index (χ1v) is 26.4. The number of H-pyrrole nitrogens is 1. The van der Waals surface area contributed by atoms with E-state index in [1.807, 2.05) is 54.7 Å². The Bertz CT molecular complexity index is 2820. The number of ketones is 2. The summed E-state index contributed by atoms with van der Waals surface area (Å²) in [6.07, 6.45) is 12.7. The lowest BCUT2D eigenvalue weighted by molar-refractivity contribution is -0.132. The summed E-state index contributed by atoms with van der Waals surface area (Å²) >= 11 is 3.43. The molecule has 13 rings (SSSR count). The second kappa shape index (κ2) is 20.9. The number of benzene rings is 2. The van der Waals surface area contributed by atoms with Gasteiger partial charge in [0, 0.05) is 92.4 Å². The number of aryl methyl sites for hydroxylation is 2. The Labute approximate surface area is 426 Å². The molecule has 4 aliphatic carbocycles. The predicted molar refractivity (Wildman–Crippen MR) is 270 cm³/mol. The van der Waals surface area contributed by atoms with Crippen LogP contribution in [0.2, 0.25) is 0 Å². The van der Waals surface area contributed by atoms with E-state index in [1.54, 1.807) is 6.20 Å². The van der Waals surface area contributed by atoms with Crippen LogP contribution in [0.5, 0.6) is 11.5 Å². The molecule has 2 spiro atoms. The van der Waals surface area contributed by atoms with E-state index in [0.29, 0.717) is 37.0 Å². The van der Waals surface area contributed by atoms with Gasteiger partial charge in [-0.2, -0.15) is 0 Å². The number of hydrogen-bond donors (Lipinski definition) is 3. The number of aromatic amines is 1. The van der Waals surface area contributed by atoms with Gasteiger partial charge in [0.15, 0.2) is 17.4 Å². The Kier molecular flexibility index (Phi) is 14.0. The van der Waals surface area contributed by atoms with Crippen molar-refractivity contribution in [2.75, 3.05) is 78.9 Å². The summed E-state index contributed by atoms with van der Waals surface area (Å²) in [6.45, 7) is 10.2. The molecule has 2 aromatic carbocycles. The minimum absolute atomic E-state index is 0.0107. The summed E-state index contributed by atoms with van der Waals surface area (Å²) in [5.41, 5.74) is 9.29. The number of hydrogen-bond acceptors (Lipinski definition) is 14. The van der Waals surface area contributed by atoms with E-state index in [4.69, 9.17) is 23.9 Å². The van der Waals surface area contributed by atoms with Gasteiger partial charge in [0.2, 0.25) is 5.91 Å². The van der Waals surface area contributed by atoms with Crippen molar-refractivity contribution in [3.63, 3.8) is 0 Å². The molecule has 3 aromatic heterocycles. The first kappa shape index (κ1) is 48.4. The van der Waals surface area contributed by atoms with Crippen molar-refractivity contribution in [3.05, 3.63) is 94.6 Å². The van der Waals surface area contributed by atoms with Crippen LogP contribution in [0.3, 0.4) is 0 Å². The Morgan fingerprint density at radius 1 is 0.667 bits per heavy atom. The third kappa shape index (κ3) is 11.0. The van der Waals surface area contributed by atoms with Gasteiger partial charge in [-0.3, -0.25) is 29.0 Å². The van der Waals surface area contributed by atoms with E-state index in [9.17, 15) is 19.2 Å². The average molecular weight is 1040 g/mol. The van der Waals surface area contributed by atoms with Crippen LogP contribution in [0.25, 0.3) is 34.2 Å². The lowest BCUT2D eigenvalue weighted by Crippen LogP contribution is -2.44. The number of ether oxygens (including phenoxy) is 4. The lowest BCUT2D eigenvalue weighted by atomic mass is 9.89. The average Bonchev–Trinajstić information content (AvgIpc) is 4.30. The minimum atomic E-state index is -0.144.